The van der Waals surface area contributed by atoms with Crippen molar-refractivity contribution in [2.75, 3.05) is 19.1 Å². The Morgan fingerprint density at radius 3 is 2.58 bits per heavy atom. The van der Waals surface area contributed by atoms with E-state index in [9.17, 15) is 13.2 Å². The van der Waals surface area contributed by atoms with Crippen LogP contribution in [0.3, 0.4) is 0 Å². The third-order valence-corrected chi connectivity index (χ3v) is 6.73. The van der Waals surface area contributed by atoms with Gasteiger partial charge in [-0.05, 0) is 48.4 Å². The Bertz CT molecular complexity index is 753. The van der Waals surface area contributed by atoms with Crippen molar-refractivity contribution in [3.8, 4) is 5.75 Å². The fraction of sp³-hybridized carbons (Fsp3) is 0.650. The second-order valence-electron chi connectivity index (χ2n) is 7.71. The molecule has 26 heavy (non-hydrogen) atoms. The molecule has 0 N–H and O–H groups in total. The molecular formula is C20H29NO4S. The quantitative estimate of drug-likeness (QED) is 0.789. The van der Waals surface area contributed by atoms with E-state index in [1.807, 2.05) is 17.0 Å². The van der Waals surface area contributed by atoms with Crippen molar-refractivity contribution in [1.82, 2.24) is 4.90 Å². The van der Waals surface area contributed by atoms with Gasteiger partial charge in [-0.3, -0.25) is 4.79 Å². The van der Waals surface area contributed by atoms with Gasteiger partial charge in [0.15, 0.2) is 0 Å². The normalized spacial score (nSPS) is 21.3. The number of hydrogen-bond acceptors (Lipinski definition) is 4. The molecule has 1 aliphatic carbocycles. The van der Waals surface area contributed by atoms with Gasteiger partial charge in [-0.25, -0.2) is 8.42 Å². The van der Waals surface area contributed by atoms with Gasteiger partial charge in [0.25, 0.3) is 0 Å². The van der Waals surface area contributed by atoms with Crippen LogP contribution < -0.4 is 4.74 Å². The first-order chi connectivity index (χ1) is 12.4. The van der Waals surface area contributed by atoms with E-state index in [1.54, 1.807) is 7.11 Å². The third kappa shape index (κ3) is 4.58. The van der Waals surface area contributed by atoms with Gasteiger partial charge in [0.1, 0.15) is 15.6 Å². The molecule has 0 spiro atoms. The molecule has 1 saturated carbocycles. The van der Waals surface area contributed by atoms with E-state index in [0.29, 0.717) is 12.5 Å². The number of hydrogen-bond donors (Lipinski definition) is 0. The molecular weight excluding hydrogens is 350 g/mol. The molecule has 144 valence electrons. The second-order valence-corrected chi connectivity index (χ2v) is 9.97. The largest absolute Gasteiger partial charge is 0.497 e. The summed E-state index contributed by atoms with van der Waals surface area (Å²) in [5.41, 5.74) is 2.40. The first kappa shape index (κ1) is 19.2. The Morgan fingerprint density at radius 2 is 1.92 bits per heavy atom. The number of nitrogens with zero attached hydrogens (tertiary/aromatic N) is 1. The predicted molar refractivity (Wildman–Crippen MR) is 102 cm³/mol. The highest BCUT2D eigenvalue weighted by Crippen LogP contribution is 2.36. The van der Waals surface area contributed by atoms with Gasteiger partial charge >= 0.3 is 0 Å². The number of ether oxygens (including phenoxy) is 1. The van der Waals surface area contributed by atoms with Crippen molar-refractivity contribution >= 4 is 15.7 Å². The van der Waals surface area contributed by atoms with Crippen LogP contribution >= 0.6 is 0 Å². The van der Waals surface area contributed by atoms with Crippen LogP contribution in [-0.4, -0.2) is 44.4 Å². The van der Waals surface area contributed by atoms with Gasteiger partial charge in [-0.2, -0.15) is 0 Å². The molecule has 1 aromatic rings. The maximum Gasteiger partial charge on any atom is 0.224 e. The fourth-order valence-electron chi connectivity index (χ4n) is 4.34. The molecule has 6 heteroatoms. The number of methoxy groups -OCH3 is 1. The van der Waals surface area contributed by atoms with E-state index in [-0.39, 0.29) is 24.1 Å². The molecule has 0 bridgehead atoms. The zero-order valence-corrected chi connectivity index (χ0v) is 16.6. The summed E-state index contributed by atoms with van der Waals surface area (Å²) in [7, 11) is -1.50. The molecule has 1 atom stereocenters. The van der Waals surface area contributed by atoms with Gasteiger partial charge < -0.3 is 9.64 Å². The number of carbonyl (C=O) groups excluding carboxylic acids is 1. The monoisotopic (exact) mass is 379 g/mol. The molecule has 2 aliphatic rings. The van der Waals surface area contributed by atoms with E-state index in [0.717, 1.165) is 30.6 Å². The lowest BCUT2D eigenvalue weighted by atomic mass is 9.78. The summed E-state index contributed by atoms with van der Waals surface area (Å²) in [6.07, 6.45) is 8.16. The highest BCUT2D eigenvalue weighted by atomic mass is 32.2. The molecule has 1 aromatic carbocycles. The van der Waals surface area contributed by atoms with Crippen LogP contribution in [0.2, 0.25) is 0 Å². The number of fused-ring (bicyclic) bond motifs is 1. The average Bonchev–Trinajstić information content (AvgIpc) is 2.64. The fourth-order valence-corrected chi connectivity index (χ4v) is 4.89. The number of benzene rings is 1. The number of rotatable bonds is 5. The maximum atomic E-state index is 12.9. The Hall–Kier alpha value is -1.56. The van der Waals surface area contributed by atoms with Gasteiger partial charge in [-0.15, -0.1) is 0 Å². The Kier molecular flexibility index (Phi) is 5.90. The van der Waals surface area contributed by atoms with Crippen LogP contribution in [0.1, 0.15) is 49.7 Å². The minimum absolute atomic E-state index is 0.0422. The van der Waals surface area contributed by atoms with Crippen LogP contribution in [-0.2, 0) is 27.6 Å². The van der Waals surface area contributed by atoms with E-state index in [1.165, 1.54) is 31.1 Å². The van der Waals surface area contributed by atoms with Gasteiger partial charge in [0, 0.05) is 25.3 Å². The lowest BCUT2D eigenvalue weighted by Gasteiger charge is -2.43. The highest BCUT2D eigenvalue weighted by molar-refractivity contribution is 7.90. The number of carbonyl (C=O) groups is 1. The molecule has 5 nitrogen and oxygen atoms in total. The predicted octanol–water partition coefficient (Wildman–Crippen LogP) is 2.96. The first-order valence-electron chi connectivity index (χ1n) is 9.50. The SMILES string of the molecule is COc1ccc2c(c1)CN(C(=O)CCS(C)(=O)=O)C(C1CCCCC1)C2. The summed E-state index contributed by atoms with van der Waals surface area (Å²) >= 11 is 0. The summed E-state index contributed by atoms with van der Waals surface area (Å²) in [4.78, 5) is 14.8. The molecule has 0 aromatic heterocycles. The van der Waals surface area contributed by atoms with Crippen LogP contribution in [0, 0.1) is 5.92 Å². The summed E-state index contributed by atoms with van der Waals surface area (Å²) < 4.78 is 28.3. The van der Waals surface area contributed by atoms with Crippen molar-refractivity contribution in [3.05, 3.63) is 29.3 Å². The topological polar surface area (TPSA) is 63.7 Å². The molecule has 1 fully saturated rings. The maximum absolute atomic E-state index is 12.9. The third-order valence-electron chi connectivity index (χ3n) is 5.78. The Balaban J connectivity index is 1.84. The summed E-state index contributed by atoms with van der Waals surface area (Å²) in [6.45, 7) is 0.552. The van der Waals surface area contributed by atoms with E-state index in [4.69, 9.17) is 4.74 Å². The van der Waals surface area contributed by atoms with Crippen LogP contribution in [0.4, 0.5) is 0 Å². The van der Waals surface area contributed by atoms with Crippen molar-refractivity contribution in [2.24, 2.45) is 5.92 Å². The highest BCUT2D eigenvalue weighted by Gasteiger charge is 2.35. The minimum atomic E-state index is -3.14. The van der Waals surface area contributed by atoms with Crippen molar-refractivity contribution in [1.29, 1.82) is 0 Å². The van der Waals surface area contributed by atoms with Gasteiger partial charge in [0.05, 0.1) is 12.9 Å². The van der Waals surface area contributed by atoms with Crippen LogP contribution in [0.25, 0.3) is 0 Å². The van der Waals surface area contributed by atoms with Crippen LogP contribution in [0.5, 0.6) is 5.75 Å². The van der Waals surface area contributed by atoms with E-state index in [2.05, 4.69) is 6.07 Å². The van der Waals surface area contributed by atoms with Crippen LogP contribution in [0.15, 0.2) is 18.2 Å². The van der Waals surface area contributed by atoms with E-state index < -0.39 is 9.84 Å². The van der Waals surface area contributed by atoms with Crippen molar-refractivity contribution in [2.45, 2.75) is 57.5 Å². The standard InChI is InChI=1S/C20H29NO4S/c1-25-18-9-8-16-13-19(15-6-4-3-5-7-15)21(14-17(16)12-18)20(22)10-11-26(2,23)24/h8-9,12,15,19H,3-7,10-11,13-14H2,1-2H3. The Labute approximate surface area is 156 Å². The molecule has 1 unspecified atom stereocenters. The second kappa shape index (κ2) is 7.99. The number of sulfone groups is 1. The molecule has 1 heterocycles. The zero-order valence-electron chi connectivity index (χ0n) is 15.7. The molecule has 3 rings (SSSR count). The van der Waals surface area contributed by atoms with Crippen molar-refractivity contribution in [3.63, 3.8) is 0 Å². The lowest BCUT2D eigenvalue weighted by molar-refractivity contribution is -0.136. The number of amides is 1. The van der Waals surface area contributed by atoms with Gasteiger partial charge in [-0.1, -0.05) is 25.3 Å². The smallest absolute Gasteiger partial charge is 0.224 e. The molecule has 1 aliphatic heterocycles. The lowest BCUT2D eigenvalue weighted by Crippen LogP contribution is -2.49. The summed E-state index contributed by atoms with van der Waals surface area (Å²) in [5.74, 6) is 1.19. The summed E-state index contributed by atoms with van der Waals surface area (Å²) in [5, 5.41) is 0. The zero-order chi connectivity index (χ0) is 18.7. The van der Waals surface area contributed by atoms with Crippen molar-refractivity contribution < 1.29 is 17.9 Å². The molecule has 0 radical (unpaired) electrons. The first-order valence-corrected chi connectivity index (χ1v) is 11.6. The summed E-state index contributed by atoms with van der Waals surface area (Å²) in [6, 6.07) is 6.28. The van der Waals surface area contributed by atoms with Gasteiger partial charge in [0.2, 0.25) is 5.91 Å². The molecule has 0 saturated heterocycles. The molecule has 1 amide bonds. The Morgan fingerprint density at radius 1 is 1.19 bits per heavy atom. The van der Waals surface area contributed by atoms with E-state index >= 15 is 0 Å². The average molecular weight is 380 g/mol. The minimum Gasteiger partial charge on any atom is -0.497 e.